The summed E-state index contributed by atoms with van der Waals surface area (Å²) in [6.07, 6.45) is 6.99. The van der Waals surface area contributed by atoms with E-state index in [0.717, 1.165) is 24.5 Å². The Labute approximate surface area is 96.6 Å². The van der Waals surface area contributed by atoms with Gasteiger partial charge in [-0.1, -0.05) is 0 Å². The second-order valence-electron chi connectivity index (χ2n) is 4.45. The van der Waals surface area contributed by atoms with Crippen molar-refractivity contribution in [3.63, 3.8) is 0 Å². The Morgan fingerprint density at radius 1 is 1.60 bits per heavy atom. The Kier molecular flexibility index (Phi) is 5.47. The van der Waals surface area contributed by atoms with Gasteiger partial charge in [-0.15, -0.1) is 0 Å². The minimum Gasteiger partial charge on any atom is -0.353 e. The van der Waals surface area contributed by atoms with Gasteiger partial charge in [0.05, 0.1) is 0 Å². The monoisotopic (exact) mass is 230 g/mol. The summed E-state index contributed by atoms with van der Waals surface area (Å²) >= 11 is 1.91. The lowest BCUT2D eigenvalue weighted by Gasteiger charge is -2.13. The maximum atomic E-state index is 11.5. The molecule has 3 unspecified atom stereocenters. The first-order chi connectivity index (χ1) is 7.11. The van der Waals surface area contributed by atoms with Crippen LogP contribution in [0, 0.1) is 0 Å². The van der Waals surface area contributed by atoms with Crippen molar-refractivity contribution < 1.29 is 4.79 Å². The second kappa shape index (κ2) is 6.38. The molecule has 1 fully saturated rings. The van der Waals surface area contributed by atoms with Crippen molar-refractivity contribution in [3.8, 4) is 0 Å². The van der Waals surface area contributed by atoms with Gasteiger partial charge in [-0.3, -0.25) is 4.79 Å². The molecule has 0 bridgehead atoms. The number of carbonyl (C=O) groups excluding carboxylic acids is 1. The summed E-state index contributed by atoms with van der Waals surface area (Å²) in [5.41, 5.74) is 5.61. The maximum absolute atomic E-state index is 11.5. The molecule has 1 aliphatic rings. The molecule has 1 saturated carbocycles. The van der Waals surface area contributed by atoms with Crippen molar-refractivity contribution in [2.24, 2.45) is 5.73 Å². The van der Waals surface area contributed by atoms with E-state index < -0.39 is 0 Å². The Bertz CT molecular complexity index is 209. The van der Waals surface area contributed by atoms with Gasteiger partial charge < -0.3 is 11.1 Å². The van der Waals surface area contributed by atoms with Crippen LogP contribution in [-0.4, -0.2) is 29.5 Å². The van der Waals surface area contributed by atoms with Crippen LogP contribution < -0.4 is 11.1 Å². The molecule has 3 atom stereocenters. The normalized spacial score (nSPS) is 27.7. The van der Waals surface area contributed by atoms with Gasteiger partial charge in [-0.05, 0) is 38.9 Å². The number of thioether (sulfide) groups is 1. The minimum atomic E-state index is 0.123. The average Bonchev–Trinajstić information content (AvgIpc) is 2.62. The van der Waals surface area contributed by atoms with E-state index in [-0.39, 0.29) is 11.9 Å². The molecule has 0 spiro atoms. The largest absolute Gasteiger partial charge is 0.353 e. The van der Waals surface area contributed by atoms with Crippen molar-refractivity contribution in [2.75, 3.05) is 6.26 Å². The van der Waals surface area contributed by atoms with Crippen LogP contribution in [-0.2, 0) is 4.79 Å². The SMILES string of the molecule is CSC1CCC(NC(=O)CCC(C)N)C1. The van der Waals surface area contributed by atoms with Crippen LogP contribution in [0.5, 0.6) is 0 Å². The van der Waals surface area contributed by atoms with E-state index in [4.69, 9.17) is 5.73 Å². The molecule has 0 aromatic rings. The molecule has 0 aliphatic heterocycles. The number of rotatable bonds is 5. The van der Waals surface area contributed by atoms with Crippen LogP contribution in [0.3, 0.4) is 0 Å². The molecule has 1 amide bonds. The van der Waals surface area contributed by atoms with Crippen LogP contribution >= 0.6 is 11.8 Å². The highest BCUT2D eigenvalue weighted by Crippen LogP contribution is 2.28. The molecule has 3 N–H and O–H groups in total. The van der Waals surface area contributed by atoms with Crippen LogP contribution in [0.15, 0.2) is 0 Å². The van der Waals surface area contributed by atoms with E-state index in [0.29, 0.717) is 12.5 Å². The molecule has 4 heteroatoms. The predicted octanol–water partition coefficient (Wildman–Crippen LogP) is 1.51. The zero-order valence-corrected chi connectivity index (χ0v) is 10.5. The van der Waals surface area contributed by atoms with Crippen molar-refractivity contribution in [1.29, 1.82) is 0 Å². The first-order valence-electron chi connectivity index (χ1n) is 5.69. The average molecular weight is 230 g/mol. The van der Waals surface area contributed by atoms with E-state index in [2.05, 4.69) is 11.6 Å². The molecule has 3 nitrogen and oxygen atoms in total. The summed E-state index contributed by atoms with van der Waals surface area (Å²) in [7, 11) is 0. The third kappa shape index (κ3) is 4.89. The molecule has 88 valence electrons. The molecule has 0 saturated heterocycles. The molecular weight excluding hydrogens is 208 g/mol. The van der Waals surface area contributed by atoms with E-state index >= 15 is 0 Å². The summed E-state index contributed by atoms with van der Waals surface area (Å²) in [6, 6.07) is 0.529. The smallest absolute Gasteiger partial charge is 0.220 e. The Balaban J connectivity index is 2.16. The quantitative estimate of drug-likeness (QED) is 0.753. The number of hydrogen-bond acceptors (Lipinski definition) is 3. The number of amides is 1. The van der Waals surface area contributed by atoms with Crippen LogP contribution in [0.25, 0.3) is 0 Å². The van der Waals surface area contributed by atoms with Gasteiger partial charge >= 0.3 is 0 Å². The van der Waals surface area contributed by atoms with E-state index in [1.165, 1.54) is 6.42 Å². The van der Waals surface area contributed by atoms with Gasteiger partial charge in [0.25, 0.3) is 0 Å². The fourth-order valence-electron chi connectivity index (χ4n) is 1.94. The van der Waals surface area contributed by atoms with Gasteiger partial charge in [-0.25, -0.2) is 0 Å². The lowest BCUT2D eigenvalue weighted by Crippen LogP contribution is -2.33. The highest BCUT2D eigenvalue weighted by Gasteiger charge is 2.24. The fourth-order valence-corrected chi connectivity index (χ4v) is 2.74. The van der Waals surface area contributed by atoms with E-state index in [1.54, 1.807) is 0 Å². The van der Waals surface area contributed by atoms with Crippen molar-refractivity contribution in [1.82, 2.24) is 5.32 Å². The maximum Gasteiger partial charge on any atom is 0.220 e. The first-order valence-corrected chi connectivity index (χ1v) is 6.98. The molecule has 1 aliphatic carbocycles. The molecule has 1 rings (SSSR count). The summed E-state index contributed by atoms with van der Waals surface area (Å²) < 4.78 is 0. The second-order valence-corrected chi connectivity index (χ2v) is 5.59. The summed E-state index contributed by atoms with van der Waals surface area (Å²) in [4.78, 5) is 11.5. The Hall–Kier alpha value is -0.220. The number of nitrogens with one attached hydrogen (secondary N) is 1. The lowest BCUT2D eigenvalue weighted by atomic mass is 10.1. The lowest BCUT2D eigenvalue weighted by molar-refractivity contribution is -0.121. The number of nitrogens with two attached hydrogens (primary N) is 1. The summed E-state index contributed by atoms with van der Waals surface area (Å²) in [5, 5.41) is 3.83. The fraction of sp³-hybridized carbons (Fsp3) is 0.909. The van der Waals surface area contributed by atoms with Crippen LogP contribution in [0.4, 0.5) is 0 Å². The number of hydrogen-bond donors (Lipinski definition) is 2. The van der Waals surface area contributed by atoms with Gasteiger partial charge in [0.1, 0.15) is 0 Å². The Morgan fingerprint density at radius 2 is 2.33 bits per heavy atom. The van der Waals surface area contributed by atoms with Crippen LogP contribution in [0.1, 0.15) is 39.0 Å². The third-order valence-electron chi connectivity index (χ3n) is 2.91. The van der Waals surface area contributed by atoms with Gasteiger partial charge in [0.2, 0.25) is 5.91 Å². The zero-order valence-electron chi connectivity index (χ0n) is 9.66. The van der Waals surface area contributed by atoms with E-state index in [9.17, 15) is 4.79 Å². The first kappa shape index (κ1) is 12.8. The van der Waals surface area contributed by atoms with Gasteiger partial charge in [0.15, 0.2) is 0 Å². The van der Waals surface area contributed by atoms with Gasteiger partial charge in [-0.2, -0.15) is 11.8 Å². The predicted molar refractivity (Wildman–Crippen MR) is 66.0 cm³/mol. The zero-order chi connectivity index (χ0) is 11.3. The highest BCUT2D eigenvalue weighted by molar-refractivity contribution is 7.99. The van der Waals surface area contributed by atoms with E-state index in [1.807, 2.05) is 18.7 Å². The summed E-state index contributed by atoms with van der Waals surface area (Å²) in [6.45, 7) is 1.94. The Morgan fingerprint density at radius 3 is 2.87 bits per heavy atom. The summed E-state index contributed by atoms with van der Waals surface area (Å²) in [5.74, 6) is 0.166. The molecule has 0 heterocycles. The minimum absolute atomic E-state index is 0.123. The van der Waals surface area contributed by atoms with Crippen molar-refractivity contribution >= 4 is 17.7 Å². The number of carbonyl (C=O) groups is 1. The molecule has 0 aromatic heterocycles. The molecule has 0 radical (unpaired) electrons. The molecule has 0 aromatic carbocycles. The standard InChI is InChI=1S/C11H22N2OS/c1-8(12)3-6-11(14)13-9-4-5-10(7-9)15-2/h8-10H,3-7,12H2,1-2H3,(H,13,14). The molecular formula is C11H22N2OS. The van der Waals surface area contributed by atoms with Gasteiger partial charge in [0, 0.05) is 23.8 Å². The van der Waals surface area contributed by atoms with Crippen LogP contribution in [0.2, 0.25) is 0 Å². The molecule has 15 heavy (non-hydrogen) atoms. The highest BCUT2D eigenvalue weighted by atomic mass is 32.2. The van der Waals surface area contributed by atoms with Crippen molar-refractivity contribution in [2.45, 2.75) is 56.4 Å². The topological polar surface area (TPSA) is 55.1 Å². The third-order valence-corrected chi connectivity index (χ3v) is 4.00. The van der Waals surface area contributed by atoms with Crippen molar-refractivity contribution in [3.05, 3.63) is 0 Å².